The van der Waals surface area contributed by atoms with Crippen LogP contribution in [0.5, 0.6) is 5.75 Å². The lowest BCUT2D eigenvalue weighted by molar-refractivity contribution is 0.362. The number of nitrogens with one attached hydrogen (secondary N) is 1. The minimum absolute atomic E-state index is 0.262. The van der Waals surface area contributed by atoms with Crippen LogP contribution in [-0.2, 0) is 0 Å². The Labute approximate surface area is 156 Å². The van der Waals surface area contributed by atoms with Crippen LogP contribution in [0.15, 0.2) is 42.5 Å². The Morgan fingerprint density at radius 1 is 0.963 bits per heavy atom. The van der Waals surface area contributed by atoms with E-state index in [0.717, 1.165) is 28.0 Å². The van der Waals surface area contributed by atoms with Crippen molar-refractivity contribution < 1.29 is 5.11 Å². The number of H-pyrrole nitrogens is 1. The zero-order chi connectivity index (χ0) is 18.2. The van der Waals surface area contributed by atoms with Gasteiger partial charge in [0.05, 0.1) is 11.0 Å². The molecule has 0 saturated heterocycles. The summed E-state index contributed by atoms with van der Waals surface area (Å²) >= 11 is 0. The molecule has 7 nitrogen and oxygen atoms in total. The fraction of sp³-hybridized carbons (Fsp3) is 0.300. The largest absolute Gasteiger partial charge is 0.508 e. The molecule has 0 atom stereocenters. The number of aromatic hydroxyl groups is 1. The lowest BCUT2D eigenvalue weighted by atomic mass is 9.95. The lowest BCUT2D eigenvalue weighted by Crippen LogP contribution is -2.13. The van der Waals surface area contributed by atoms with Gasteiger partial charge in [-0.15, -0.1) is 10.2 Å². The van der Waals surface area contributed by atoms with Gasteiger partial charge in [0.2, 0.25) is 5.82 Å². The second-order valence-corrected chi connectivity index (χ2v) is 7.08. The summed E-state index contributed by atoms with van der Waals surface area (Å²) in [7, 11) is 0. The molecule has 1 aliphatic carbocycles. The van der Waals surface area contributed by atoms with Gasteiger partial charge in [-0.2, -0.15) is 5.21 Å². The van der Waals surface area contributed by atoms with Gasteiger partial charge in [0.25, 0.3) is 0 Å². The molecule has 7 heteroatoms. The van der Waals surface area contributed by atoms with E-state index in [9.17, 15) is 5.11 Å². The van der Waals surface area contributed by atoms with Gasteiger partial charge in [-0.3, -0.25) is 0 Å². The van der Waals surface area contributed by atoms with Crippen LogP contribution >= 0.6 is 0 Å². The Morgan fingerprint density at radius 3 is 2.48 bits per heavy atom. The number of hydrogen-bond acceptors (Lipinski definition) is 5. The minimum atomic E-state index is 0.262. The molecule has 2 aromatic carbocycles. The van der Waals surface area contributed by atoms with Crippen LogP contribution in [0.3, 0.4) is 0 Å². The monoisotopic (exact) mass is 360 g/mol. The Morgan fingerprint density at radius 2 is 1.74 bits per heavy atom. The number of rotatable bonds is 3. The van der Waals surface area contributed by atoms with Gasteiger partial charge in [0.15, 0.2) is 0 Å². The van der Waals surface area contributed by atoms with E-state index in [-0.39, 0.29) is 5.75 Å². The average molecular weight is 360 g/mol. The second kappa shape index (κ2) is 6.50. The van der Waals surface area contributed by atoms with E-state index in [1.54, 1.807) is 12.1 Å². The molecule has 0 radical (unpaired) electrons. The Bertz CT molecular complexity index is 1060. The highest BCUT2D eigenvalue weighted by molar-refractivity contribution is 5.84. The molecule has 0 amide bonds. The van der Waals surface area contributed by atoms with E-state index >= 15 is 0 Å². The first-order valence-corrected chi connectivity index (χ1v) is 9.35. The van der Waals surface area contributed by atoms with Crippen LogP contribution in [-0.4, -0.2) is 35.3 Å². The number of fused-ring (bicyclic) bond motifs is 1. The molecule has 2 N–H and O–H groups in total. The number of imidazole rings is 1. The first-order chi connectivity index (χ1) is 13.3. The molecule has 0 spiro atoms. The molecule has 2 aromatic heterocycles. The molecule has 0 aliphatic heterocycles. The summed E-state index contributed by atoms with van der Waals surface area (Å²) < 4.78 is 2.38. The van der Waals surface area contributed by atoms with Crippen molar-refractivity contribution in [3.05, 3.63) is 42.5 Å². The van der Waals surface area contributed by atoms with Gasteiger partial charge in [0, 0.05) is 17.2 Å². The maximum Gasteiger partial charge on any atom is 0.204 e. The minimum Gasteiger partial charge on any atom is -0.508 e. The maximum absolute atomic E-state index is 9.65. The third-order valence-electron chi connectivity index (χ3n) is 5.36. The van der Waals surface area contributed by atoms with E-state index in [2.05, 4.69) is 31.3 Å². The Balaban J connectivity index is 1.69. The first kappa shape index (κ1) is 16.0. The summed E-state index contributed by atoms with van der Waals surface area (Å²) in [5.74, 6) is 1.77. The van der Waals surface area contributed by atoms with E-state index in [4.69, 9.17) is 4.98 Å². The molecule has 1 fully saturated rings. The van der Waals surface area contributed by atoms with Crippen molar-refractivity contribution >= 4 is 11.0 Å². The fourth-order valence-corrected chi connectivity index (χ4v) is 4.04. The van der Waals surface area contributed by atoms with Crippen LogP contribution < -0.4 is 0 Å². The second-order valence-electron chi connectivity index (χ2n) is 7.08. The molecule has 136 valence electrons. The summed E-state index contributed by atoms with van der Waals surface area (Å²) in [6.07, 6.45) is 6.15. The number of benzene rings is 2. The Hall–Kier alpha value is -3.22. The van der Waals surface area contributed by atoms with Crippen LogP contribution in [0.4, 0.5) is 0 Å². The highest BCUT2D eigenvalue weighted by Crippen LogP contribution is 2.37. The fourth-order valence-electron chi connectivity index (χ4n) is 4.04. The van der Waals surface area contributed by atoms with Crippen LogP contribution in [0.2, 0.25) is 0 Å². The van der Waals surface area contributed by atoms with E-state index < -0.39 is 0 Å². The van der Waals surface area contributed by atoms with Crippen LogP contribution in [0.25, 0.3) is 33.8 Å². The predicted octanol–water partition coefficient (Wildman–Crippen LogP) is 4.09. The molecule has 0 unspecified atom stereocenters. The van der Waals surface area contributed by atoms with Gasteiger partial charge in [0.1, 0.15) is 11.6 Å². The van der Waals surface area contributed by atoms with Crippen molar-refractivity contribution in [2.45, 2.75) is 38.1 Å². The van der Waals surface area contributed by atoms with Gasteiger partial charge in [-0.25, -0.2) is 4.98 Å². The van der Waals surface area contributed by atoms with Gasteiger partial charge >= 0.3 is 0 Å². The zero-order valence-electron chi connectivity index (χ0n) is 14.8. The Kier molecular flexibility index (Phi) is 3.85. The van der Waals surface area contributed by atoms with E-state index in [1.807, 2.05) is 24.3 Å². The summed E-state index contributed by atoms with van der Waals surface area (Å²) in [5, 5.41) is 23.9. The highest BCUT2D eigenvalue weighted by Gasteiger charge is 2.22. The standard InChI is InChI=1S/C20H20N6O/c27-16-9-6-13(7-10-16)20-21-17-12-14(19-22-24-25-23-19)8-11-18(17)26(20)15-4-2-1-3-5-15/h6-12,15,27H,1-5H2,(H,22,23,24,25). The third-order valence-corrected chi connectivity index (χ3v) is 5.36. The summed E-state index contributed by atoms with van der Waals surface area (Å²) in [4.78, 5) is 4.95. The SMILES string of the molecule is Oc1ccc(-c2nc3cc(-c4nn[nH]n4)ccc3n2C2CCCCC2)cc1. The highest BCUT2D eigenvalue weighted by atomic mass is 16.3. The molecule has 4 aromatic rings. The predicted molar refractivity (Wildman–Crippen MR) is 102 cm³/mol. The molecule has 2 heterocycles. The number of aromatic amines is 1. The first-order valence-electron chi connectivity index (χ1n) is 9.35. The average Bonchev–Trinajstić information content (AvgIpc) is 3.37. The number of phenolic OH excluding ortho intramolecular Hbond substituents is 1. The molecular weight excluding hydrogens is 340 g/mol. The van der Waals surface area contributed by atoms with Gasteiger partial charge < -0.3 is 9.67 Å². The molecule has 1 saturated carbocycles. The molecule has 0 bridgehead atoms. The molecule has 27 heavy (non-hydrogen) atoms. The number of aromatic nitrogens is 6. The lowest BCUT2D eigenvalue weighted by Gasteiger charge is -2.25. The zero-order valence-corrected chi connectivity index (χ0v) is 14.8. The van der Waals surface area contributed by atoms with Crippen molar-refractivity contribution in [2.24, 2.45) is 0 Å². The summed E-state index contributed by atoms with van der Waals surface area (Å²) in [5.41, 5.74) is 3.95. The molecular formula is C20H20N6O. The topological polar surface area (TPSA) is 92.5 Å². The van der Waals surface area contributed by atoms with Crippen molar-refractivity contribution in [3.8, 4) is 28.5 Å². The number of hydrogen-bond donors (Lipinski definition) is 2. The van der Waals surface area contributed by atoms with Crippen LogP contribution in [0, 0.1) is 0 Å². The number of nitrogens with zero attached hydrogens (tertiary/aromatic N) is 5. The summed E-state index contributed by atoms with van der Waals surface area (Å²) in [6, 6.07) is 13.9. The molecule has 5 rings (SSSR count). The van der Waals surface area contributed by atoms with Crippen molar-refractivity contribution in [1.82, 2.24) is 30.2 Å². The maximum atomic E-state index is 9.65. The van der Waals surface area contributed by atoms with Gasteiger partial charge in [-0.1, -0.05) is 19.3 Å². The van der Waals surface area contributed by atoms with Crippen molar-refractivity contribution in [1.29, 1.82) is 0 Å². The number of tetrazole rings is 1. The van der Waals surface area contributed by atoms with Crippen LogP contribution in [0.1, 0.15) is 38.1 Å². The normalized spacial score (nSPS) is 15.4. The van der Waals surface area contributed by atoms with E-state index in [1.165, 1.54) is 32.1 Å². The smallest absolute Gasteiger partial charge is 0.204 e. The molecule has 1 aliphatic rings. The van der Waals surface area contributed by atoms with E-state index in [0.29, 0.717) is 11.9 Å². The quantitative estimate of drug-likeness (QED) is 0.574. The number of phenols is 1. The van der Waals surface area contributed by atoms with Crippen molar-refractivity contribution in [3.63, 3.8) is 0 Å². The van der Waals surface area contributed by atoms with Gasteiger partial charge in [-0.05, 0) is 60.5 Å². The van der Waals surface area contributed by atoms with Crippen molar-refractivity contribution in [2.75, 3.05) is 0 Å². The third kappa shape index (κ3) is 2.85. The summed E-state index contributed by atoms with van der Waals surface area (Å²) in [6.45, 7) is 0.